The third kappa shape index (κ3) is 5.38. The van der Waals surface area contributed by atoms with Crippen molar-refractivity contribution in [2.24, 2.45) is 0 Å². The minimum atomic E-state index is -0.522. The standard InChI is InChI=1S/C61H40N2S/c1-4-18-41(19-5-1)42-34-36-45(37-35-42)62(46-38-39-48-47-24-10-13-28-52(47)61(53(48)40-46,43-20-6-2-7-21-43)44-22-8-3-9-23-44)56-31-17-33-58-59(56)51-27-16-32-57(60(51)64-58)63-54-29-14-11-25-49(54)50-26-12-15-30-55(50)63/h1-40H. The van der Waals surface area contributed by atoms with Crippen LogP contribution in [-0.2, 0) is 5.41 Å². The van der Waals surface area contributed by atoms with E-state index < -0.39 is 5.41 Å². The number of thiophene rings is 1. The molecule has 2 aromatic heterocycles. The number of benzene rings is 10. The molecule has 0 aliphatic heterocycles. The molecule has 0 atom stereocenters. The van der Waals surface area contributed by atoms with Crippen molar-refractivity contribution in [3.05, 3.63) is 265 Å². The summed E-state index contributed by atoms with van der Waals surface area (Å²) in [7, 11) is 0. The fourth-order valence-corrected chi connectivity index (χ4v) is 12.0. The Balaban J connectivity index is 1.08. The highest BCUT2D eigenvalue weighted by Gasteiger charge is 2.46. The van der Waals surface area contributed by atoms with Crippen molar-refractivity contribution in [3.8, 4) is 27.9 Å². The molecule has 12 aromatic rings. The van der Waals surface area contributed by atoms with Crippen molar-refractivity contribution < 1.29 is 0 Å². The van der Waals surface area contributed by atoms with E-state index >= 15 is 0 Å². The van der Waals surface area contributed by atoms with Gasteiger partial charge in [-0.1, -0.05) is 188 Å². The van der Waals surface area contributed by atoms with E-state index in [2.05, 4.69) is 252 Å². The van der Waals surface area contributed by atoms with Gasteiger partial charge >= 0.3 is 0 Å². The smallest absolute Gasteiger partial charge is 0.0714 e. The lowest BCUT2D eigenvalue weighted by Gasteiger charge is -2.35. The number of fused-ring (bicyclic) bond motifs is 9. The van der Waals surface area contributed by atoms with Gasteiger partial charge in [-0.15, -0.1) is 11.3 Å². The molecule has 0 bridgehead atoms. The number of hydrogen-bond acceptors (Lipinski definition) is 2. The lowest BCUT2D eigenvalue weighted by molar-refractivity contribution is 0.768. The highest BCUT2D eigenvalue weighted by Crippen LogP contribution is 2.58. The van der Waals surface area contributed by atoms with Crippen LogP contribution in [0, 0.1) is 0 Å². The fraction of sp³-hybridized carbons (Fsp3) is 0.0164. The topological polar surface area (TPSA) is 8.17 Å². The van der Waals surface area contributed by atoms with Gasteiger partial charge in [-0.3, -0.25) is 0 Å². The summed E-state index contributed by atoms with van der Waals surface area (Å²) in [5, 5.41) is 5.03. The molecule has 1 aliphatic carbocycles. The zero-order chi connectivity index (χ0) is 42.2. The van der Waals surface area contributed by atoms with Crippen LogP contribution in [-0.4, -0.2) is 4.57 Å². The minimum absolute atomic E-state index is 0.522. The summed E-state index contributed by atoms with van der Waals surface area (Å²) in [6, 6.07) is 89.5. The van der Waals surface area contributed by atoms with E-state index in [-0.39, 0.29) is 0 Å². The van der Waals surface area contributed by atoms with E-state index in [1.807, 2.05) is 11.3 Å². The second-order valence-corrected chi connectivity index (χ2v) is 17.8. The molecule has 2 nitrogen and oxygen atoms in total. The maximum atomic E-state index is 2.50. The van der Waals surface area contributed by atoms with Gasteiger partial charge in [0.1, 0.15) is 0 Å². The molecule has 0 amide bonds. The van der Waals surface area contributed by atoms with Gasteiger partial charge in [0.25, 0.3) is 0 Å². The monoisotopic (exact) mass is 832 g/mol. The summed E-state index contributed by atoms with van der Waals surface area (Å²) in [5.41, 5.74) is 16.5. The first-order chi connectivity index (χ1) is 31.8. The Kier molecular flexibility index (Phi) is 8.34. The van der Waals surface area contributed by atoms with Crippen molar-refractivity contribution in [1.29, 1.82) is 0 Å². The van der Waals surface area contributed by atoms with Crippen LogP contribution in [0.2, 0.25) is 0 Å². The minimum Gasteiger partial charge on any atom is -0.310 e. The molecular formula is C61H40N2S. The number of para-hydroxylation sites is 2. The van der Waals surface area contributed by atoms with Crippen LogP contribution in [0.25, 0.3) is 69.9 Å². The quantitative estimate of drug-likeness (QED) is 0.155. The zero-order valence-electron chi connectivity index (χ0n) is 34.9. The second kappa shape index (κ2) is 14.6. The number of rotatable bonds is 7. The number of nitrogens with zero attached hydrogens (tertiary/aromatic N) is 2. The van der Waals surface area contributed by atoms with Crippen LogP contribution in [0.3, 0.4) is 0 Å². The molecule has 300 valence electrons. The maximum absolute atomic E-state index is 2.50. The summed E-state index contributed by atoms with van der Waals surface area (Å²) in [6.45, 7) is 0. The van der Waals surface area contributed by atoms with Crippen LogP contribution in [0.4, 0.5) is 17.1 Å². The van der Waals surface area contributed by atoms with Gasteiger partial charge in [-0.05, 0) is 99.1 Å². The van der Waals surface area contributed by atoms with Gasteiger partial charge in [0.15, 0.2) is 0 Å². The lowest BCUT2D eigenvalue weighted by Crippen LogP contribution is -2.28. The van der Waals surface area contributed by atoms with Crippen LogP contribution >= 0.6 is 11.3 Å². The first-order valence-electron chi connectivity index (χ1n) is 22.0. The first-order valence-corrected chi connectivity index (χ1v) is 22.8. The zero-order valence-corrected chi connectivity index (χ0v) is 35.7. The second-order valence-electron chi connectivity index (χ2n) is 16.8. The molecule has 13 rings (SSSR count). The summed E-state index contributed by atoms with van der Waals surface area (Å²) >= 11 is 1.88. The van der Waals surface area contributed by atoms with Gasteiger partial charge in [0, 0.05) is 37.6 Å². The molecule has 0 spiro atoms. The molecule has 1 aliphatic rings. The molecule has 0 saturated carbocycles. The van der Waals surface area contributed by atoms with Crippen molar-refractivity contribution in [2.75, 3.05) is 4.90 Å². The van der Waals surface area contributed by atoms with E-state index in [9.17, 15) is 0 Å². The van der Waals surface area contributed by atoms with Crippen LogP contribution in [0.1, 0.15) is 22.3 Å². The molecule has 0 N–H and O–H groups in total. The Hall–Kier alpha value is -7.98. The Bertz CT molecular complexity index is 3620. The molecule has 64 heavy (non-hydrogen) atoms. The predicted octanol–water partition coefficient (Wildman–Crippen LogP) is 16.7. The average Bonchev–Trinajstić information content (AvgIpc) is 4.02. The molecule has 0 unspecified atom stereocenters. The van der Waals surface area contributed by atoms with E-state index in [1.54, 1.807) is 0 Å². The summed E-state index contributed by atoms with van der Waals surface area (Å²) in [4.78, 5) is 2.50. The Labute approximate surface area is 376 Å². The van der Waals surface area contributed by atoms with Gasteiger partial charge in [0.05, 0.1) is 32.5 Å². The van der Waals surface area contributed by atoms with Crippen LogP contribution in [0.5, 0.6) is 0 Å². The van der Waals surface area contributed by atoms with Gasteiger partial charge in [0.2, 0.25) is 0 Å². The molecular weight excluding hydrogens is 793 g/mol. The molecule has 3 heteroatoms. The third-order valence-corrected chi connectivity index (χ3v) is 14.7. The summed E-state index contributed by atoms with van der Waals surface area (Å²) in [6.07, 6.45) is 0. The van der Waals surface area contributed by atoms with Gasteiger partial charge < -0.3 is 9.47 Å². The Morgan fingerprint density at radius 1 is 0.391 bits per heavy atom. The van der Waals surface area contributed by atoms with Gasteiger partial charge in [-0.2, -0.15) is 0 Å². The van der Waals surface area contributed by atoms with E-state index in [4.69, 9.17) is 0 Å². The molecule has 0 radical (unpaired) electrons. The normalized spacial score (nSPS) is 12.8. The largest absolute Gasteiger partial charge is 0.310 e. The Morgan fingerprint density at radius 3 is 1.64 bits per heavy atom. The van der Waals surface area contributed by atoms with Crippen molar-refractivity contribution in [3.63, 3.8) is 0 Å². The summed E-state index contributed by atoms with van der Waals surface area (Å²) in [5.74, 6) is 0. The highest BCUT2D eigenvalue weighted by molar-refractivity contribution is 7.26. The fourth-order valence-electron chi connectivity index (χ4n) is 10.8. The van der Waals surface area contributed by atoms with E-state index in [0.29, 0.717) is 0 Å². The van der Waals surface area contributed by atoms with Crippen molar-refractivity contribution >= 4 is 70.4 Å². The number of hydrogen-bond donors (Lipinski definition) is 0. The molecule has 2 heterocycles. The molecule has 0 fully saturated rings. The van der Waals surface area contributed by atoms with Crippen molar-refractivity contribution in [2.45, 2.75) is 5.41 Å². The lowest BCUT2D eigenvalue weighted by atomic mass is 9.67. The first kappa shape index (κ1) is 36.7. The number of aromatic nitrogens is 1. The Morgan fingerprint density at radius 2 is 0.938 bits per heavy atom. The van der Waals surface area contributed by atoms with Crippen LogP contribution < -0.4 is 4.90 Å². The maximum Gasteiger partial charge on any atom is 0.0714 e. The van der Waals surface area contributed by atoms with E-state index in [0.717, 1.165) is 17.1 Å². The molecule has 10 aromatic carbocycles. The SMILES string of the molecule is c1ccc(-c2ccc(N(c3ccc4c(c3)C(c3ccccc3)(c3ccccc3)c3ccccc3-4)c3cccc4sc5c(-n6c7ccccc7c7ccccc76)cccc5c34)cc2)cc1. The average molecular weight is 833 g/mol. The third-order valence-electron chi connectivity index (χ3n) is 13.5. The number of anilines is 3. The highest BCUT2D eigenvalue weighted by atomic mass is 32.1. The van der Waals surface area contributed by atoms with Gasteiger partial charge in [-0.25, -0.2) is 0 Å². The van der Waals surface area contributed by atoms with E-state index in [1.165, 1.54) is 92.2 Å². The summed E-state index contributed by atoms with van der Waals surface area (Å²) < 4.78 is 4.99. The van der Waals surface area contributed by atoms with Crippen molar-refractivity contribution in [1.82, 2.24) is 4.57 Å². The predicted molar refractivity (Wildman–Crippen MR) is 271 cm³/mol. The van der Waals surface area contributed by atoms with Crippen LogP contribution in [0.15, 0.2) is 243 Å². The molecule has 0 saturated heterocycles.